The third-order valence-electron chi connectivity index (χ3n) is 6.94. The predicted octanol–water partition coefficient (Wildman–Crippen LogP) is 5.57. The van der Waals surface area contributed by atoms with E-state index in [-0.39, 0.29) is 24.1 Å². The Morgan fingerprint density at radius 1 is 1.14 bits per heavy atom. The molecule has 1 fully saturated rings. The van der Waals surface area contributed by atoms with E-state index in [1.165, 1.54) is 18.6 Å². The number of hydrogen-bond donors (Lipinski definition) is 2. The van der Waals surface area contributed by atoms with Crippen molar-refractivity contribution in [3.63, 3.8) is 0 Å². The van der Waals surface area contributed by atoms with Crippen LogP contribution in [-0.2, 0) is 12.7 Å². The molecule has 192 valence electrons. The van der Waals surface area contributed by atoms with E-state index in [0.29, 0.717) is 28.6 Å². The minimum Gasteiger partial charge on any atom is -0.365 e. The van der Waals surface area contributed by atoms with E-state index in [0.717, 1.165) is 36.1 Å². The number of nitrogens with zero attached hydrogens (tertiary/aromatic N) is 4. The number of alkyl halides is 3. The van der Waals surface area contributed by atoms with Gasteiger partial charge in [0.25, 0.3) is 5.91 Å². The maximum atomic E-state index is 13.1. The Hall–Kier alpha value is -3.95. The van der Waals surface area contributed by atoms with Gasteiger partial charge in [-0.3, -0.25) is 4.79 Å². The van der Waals surface area contributed by atoms with Crippen LogP contribution in [-0.4, -0.2) is 31.5 Å². The lowest BCUT2D eigenvalue weighted by molar-refractivity contribution is -0.137. The summed E-state index contributed by atoms with van der Waals surface area (Å²) in [7, 11) is 0. The zero-order valence-corrected chi connectivity index (χ0v) is 20.5. The fraction of sp³-hybridized carbons (Fsp3) is 0.333. The number of primary amides is 1. The van der Waals surface area contributed by atoms with E-state index >= 15 is 0 Å². The molecule has 0 saturated heterocycles. The van der Waals surface area contributed by atoms with Gasteiger partial charge in [-0.2, -0.15) is 13.2 Å². The third-order valence-corrected chi connectivity index (χ3v) is 6.94. The van der Waals surface area contributed by atoms with Gasteiger partial charge in [0.2, 0.25) is 5.82 Å². The minimum absolute atomic E-state index is 0.0874. The molecule has 4 aromatic rings. The van der Waals surface area contributed by atoms with E-state index in [9.17, 15) is 18.0 Å². The summed E-state index contributed by atoms with van der Waals surface area (Å²) < 4.78 is 41.3. The number of fused-ring (bicyclic) bond motifs is 1. The highest BCUT2D eigenvalue weighted by molar-refractivity contribution is 5.94. The van der Waals surface area contributed by atoms with Gasteiger partial charge in [-0.05, 0) is 56.4 Å². The van der Waals surface area contributed by atoms with Crippen LogP contribution in [0, 0.1) is 12.8 Å². The highest BCUT2D eigenvalue weighted by Gasteiger charge is 2.30. The second-order valence-corrected chi connectivity index (χ2v) is 9.64. The molecule has 2 aromatic heterocycles. The predicted molar refractivity (Wildman–Crippen MR) is 135 cm³/mol. The quantitative estimate of drug-likeness (QED) is 0.340. The van der Waals surface area contributed by atoms with Gasteiger partial charge in [0.15, 0.2) is 11.5 Å². The monoisotopic (exact) mass is 508 g/mol. The first-order valence-electron chi connectivity index (χ1n) is 12.2. The van der Waals surface area contributed by atoms with Crippen LogP contribution in [0.3, 0.4) is 0 Å². The van der Waals surface area contributed by atoms with Crippen molar-refractivity contribution in [2.75, 3.05) is 5.32 Å². The van der Waals surface area contributed by atoms with Crippen LogP contribution in [0.15, 0.2) is 48.5 Å². The van der Waals surface area contributed by atoms with Crippen molar-refractivity contribution in [3.05, 3.63) is 71.0 Å². The Kier molecular flexibility index (Phi) is 6.35. The molecular weight excluding hydrogens is 481 g/mol. The summed E-state index contributed by atoms with van der Waals surface area (Å²) in [6.45, 7) is 4.26. The summed E-state index contributed by atoms with van der Waals surface area (Å²) in [5, 5.41) is 3.44. The van der Waals surface area contributed by atoms with Crippen molar-refractivity contribution >= 4 is 22.9 Å². The first-order valence-corrected chi connectivity index (χ1v) is 12.2. The Labute approximate surface area is 211 Å². The summed E-state index contributed by atoms with van der Waals surface area (Å²) in [5.41, 5.74) is 8.15. The van der Waals surface area contributed by atoms with Gasteiger partial charge in [-0.15, -0.1) is 0 Å². The molecule has 1 aliphatic rings. The number of anilines is 1. The van der Waals surface area contributed by atoms with Crippen LogP contribution in [0.2, 0.25) is 0 Å². The summed E-state index contributed by atoms with van der Waals surface area (Å²) in [6.07, 6.45) is -1.04. The normalized spacial score (nSPS) is 14.9. The number of carbonyl (C=O) groups is 1. The minimum atomic E-state index is -4.42. The fourth-order valence-electron chi connectivity index (χ4n) is 4.66. The summed E-state index contributed by atoms with van der Waals surface area (Å²) in [6, 6.07) is 12.9. The first kappa shape index (κ1) is 24.7. The van der Waals surface area contributed by atoms with Gasteiger partial charge < -0.3 is 15.6 Å². The van der Waals surface area contributed by atoms with Gasteiger partial charge in [0.1, 0.15) is 11.3 Å². The molecule has 0 bridgehead atoms. The molecule has 3 N–H and O–H groups in total. The molecule has 1 atom stereocenters. The average Bonchev–Trinajstić information content (AvgIpc) is 3.16. The van der Waals surface area contributed by atoms with E-state index in [4.69, 9.17) is 10.7 Å². The number of nitrogens with one attached hydrogen (secondary N) is 1. The zero-order valence-electron chi connectivity index (χ0n) is 20.5. The molecule has 1 saturated carbocycles. The maximum Gasteiger partial charge on any atom is 0.416 e. The number of hydrogen-bond acceptors (Lipinski definition) is 5. The van der Waals surface area contributed by atoms with Gasteiger partial charge >= 0.3 is 6.18 Å². The number of aryl methyl sites for hydroxylation is 1. The highest BCUT2D eigenvalue weighted by atomic mass is 19.4. The van der Waals surface area contributed by atoms with E-state index in [2.05, 4.69) is 22.2 Å². The molecule has 0 spiro atoms. The summed E-state index contributed by atoms with van der Waals surface area (Å²) >= 11 is 0. The highest BCUT2D eigenvalue weighted by Crippen LogP contribution is 2.34. The third kappa shape index (κ3) is 5.00. The van der Waals surface area contributed by atoms with Crippen molar-refractivity contribution in [2.45, 2.75) is 51.9 Å². The topological polar surface area (TPSA) is 98.7 Å². The summed E-state index contributed by atoms with van der Waals surface area (Å²) in [4.78, 5) is 25.6. The maximum absolute atomic E-state index is 13.1. The van der Waals surface area contributed by atoms with Crippen molar-refractivity contribution in [3.8, 4) is 11.4 Å². The average molecular weight is 509 g/mol. The largest absolute Gasteiger partial charge is 0.416 e. The lowest BCUT2D eigenvalue weighted by Crippen LogP contribution is -2.31. The van der Waals surface area contributed by atoms with Gasteiger partial charge in [-0.25, -0.2) is 15.0 Å². The van der Waals surface area contributed by atoms with E-state index in [1.807, 2.05) is 35.8 Å². The smallest absolute Gasteiger partial charge is 0.365 e. The Bertz CT molecular complexity index is 1460. The van der Waals surface area contributed by atoms with Crippen LogP contribution in [0.4, 0.5) is 19.0 Å². The molecule has 37 heavy (non-hydrogen) atoms. The number of nitrogens with two attached hydrogens (primary N) is 1. The molecule has 7 nitrogen and oxygen atoms in total. The lowest BCUT2D eigenvalue weighted by atomic mass is 9.80. The molecule has 5 rings (SSSR count). The van der Waals surface area contributed by atoms with Crippen LogP contribution in [0.25, 0.3) is 22.6 Å². The second-order valence-electron chi connectivity index (χ2n) is 9.64. The van der Waals surface area contributed by atoms with E-state index in [1.54, 1.807) is 0 Å². The van der Waals surface area contributed by atoms with Gasteiger partial charge in [0, 0.05) is 18.2 Å². The number of imidazole rings is 1. The SMILES string of the molecule is Cc1cccc(-c2nc3nc(C(N)=O)nc(N[C@H](C)C4CCC4)c3n2Cc2ccc(C(F)(F)F)cc2)c1. The molecule has 2 aromatic carbocycles. The van der Waals surface area contributed by atoms with Crippen molar-refractivity contribution in [1.82, 2.24) is 19.5 Å². The molecular formula is C27H27F3N6O. The fourth-order valence-corrected chi connectivity index (χ4v) is 4.66. The number of carbonyl (C=O) groups excluding carboxylic acids is 1. The molecule has 2 heterocycles. The Morgan fingerprint density at radius 3 is 2.46 bits per heavy atom. The summed E-state index contributed by atoms with van der Waals surface area (Å²) in [5.74, 6) is 0.552. The Balaban J connectivity index is 1.68. The zero-order chi connectivity index (χ0) is 26.3. The van der Waals surface area contributed by atoms with Gasteiger partial charge in [0.05, 0.1) is 5.56 Å². The van der Waals surface area contributed by atoms with Crippen molar-refractivity contribution in [1.29, 1.82) is 0 Å². The molecule has 1 aliphatic carbocycles. The molecule has 0 unspecified atom stereocenters. The van der Waals surface area contributed by atoms with Crippen LogP contribution >= 0.6 is 0 Å². The second kappa shape index (κ2) is 9.49. The van der Waals surface area contributed by atoms with Gasteiger partial charge in [-0.1, -0.05) is 42.3 Å². The lowest BCUT2D eigenvalue weighted by Gasteiger charge is -2.32. The first-order chi connectivity index (χ1) is 17.6. The number of rotatable bonds is 7. The molecule has 1 amide bonds. The number of amides is 1. The van der Waals surface area contributed by atoms with Crippen LogP contribution in [0.5, 0.6) is 0 Å². The van der Waals surface area contributed by atoms with Crippen LogP contribution in [0.1, 0.15) is 53.5 Å². The van der Waals surface area contributed by atoms with Crippen molar-refractivity contribution < 1.29 is 18.0 Å². The Morgan fingerprint density at radius 2 is 1.86 bits per heavy atom. The number of benzene rings is 2. The molecule has 0 radical (unpaired) electrons. The molecule has 10 heteroatoms. The number of halogens is 3. The van der Waals surface area contributed by atoms with Crippen molar-refractivity contribution in [2.24, 2.45) is 11.7 Å². The van der Waals surface area contributed by atoms with Crippen LogP contribution < -0.4 is 11.1 Å². The number of aromatic nitrogens is 4. The standard InChI is InChI=1S/C27H27F3N6O/c1-15-5-3-8-19(13-15)26-35-24-21(36(26)14-17-9-11-20(12-10-17)27(28,29)30)23(33-25(34-24)22(31)37)32-16(2)18-6-4-7-18/h3,5,8-13,16,18H,4,6-7,14H2,1-2H3,(H2,31,37)(H,32,33,34)/t16-/m1/s1. The molecule has 0 aliphatic heterocycles. The van der Waals surface area contributed by atoms with E-state index < -0.39 is 17.6 Å².